The van der Waals surface area contributed by atoms with E-state index in [9.17, 15) is 0 Å². The van der Waals surface area contributed by atoms with Crippen LogP contribution in [0.25, 0.3) is 0 Å². The molecule has 0 saturated carbocycles. The summed E-state index contributed by atoms with van der Waals surface area (Å²) in [5, 5.41) is 0. The molecule has 0 aromatic carbocycles. The number of hydrogen-bond donors (Lipinski definition) is 0. The monoisotopic (exact) mass is 169 g/mol. The molecular weight excluding hydrogens is 146 g/mol. The van der Waals surface area contributed by atoms with Gasteiger partial charge in [0, 0.05) is 12.6 Å². The van der Waals surface area contributed by atoms with Crippen molar-refractivity contribution < 1.29 is 0 Å². The van der Waals surface area contributed by atoms with Gasteiger partial charge in [-0.15, -0.1) is 0 Å². The second-order valence-corrected chi connectivity index (χ2v) is 4.36. The fourth-order valence-electron chi connectivity index (χ4n) is 2.44. The van der Waals surface area contributed by atoms with Crippen molar-refractivity contribution in [2.75, 3.05) is 13.6 Å². The van der Waals surface area contributed by atoms with Gasteiger partial charge in [-0.05, 0) is 32.2 Å². The molecule has 0 aromatic rings. The SMILES string of the molecule is CCC1CC(CC)C(C)N(C)C1. The normalized spacial score (nSPS) is 38.5. The molecule has 1 fully saturated rings. The molecule has 0 bridgehead atoms. The molecule has 0 amide bonds. The van der Waals surface area contributed by atoms with E-state index in [2.05, 4.69) is 32.7 Å². The Balaban J connectivity index is 2.52. The summed E-state index contributed by atoms with van der Waals surface area (Å²) in [6, 6.07) is 0.804. The molecule has 1 heteroatoms. The molecule has 3 unspecified atom stereocenters. The van der Waals surface area contributed by atoms with Gasteiger partial charge in [-0.1, -0.05) is 26.7 Å². The maximum Gasteiger partial charge on any atom is 0.00922 e. The van der Waals surface area contributed by atoms with Crippen molar-refractivity contribution in [1.29, 1.82) is 0 Å². The van der Waals surface area contributed by atoms with Crippen LogP contribution < -0.4 is 0 Å². The van der Waals surface area contributed by atoms with E-state index in [0.29, 0.717) is 0 Å². The van der Waals surface area contributed by atoms with E-state index in [1.165, 1.54) is 25.8 Å². The van der Waals surface area contributed by atoms with Gasteiger partial charge >= 0.3 is 0 Å². The molecule has 0 aliphatic carbocycles. The molecule has 1 rings (SSSR count). The van der Waals surface area contributed by atoms with E-state index in [-0.39, 0.29) is 0 Å². The van der Waals surface area contributed by atoms with E-state index in [0.717, 1.165) is 17.9 Å². The van der Waals surface area contributed by atoms with Crippen LogP contribution in [0.4, 0.5) is 0 Å². The summed E-state index contributed by atoms with van der Waals surface area (Å²) in [7, 11) is 2.27. The summed E-state index contributed by atoms with van der Waals surface area (Å²) in [6.07, 6.45) is 4.16. The van der Waals surface area contributed by atoms with Crippen molar-refractivity contribution >= 4 is 0 Å². The zero-order valence-corrected chi connectivity index (χ0v) is 9.01. The minimum Gasteiger partial charge on any atom is -0.303 e. The molecule has 12 heavy (non-hydrogen) atoms. The Morgan fingerprint density at radius 3 is 2.42 bits per heavy atom. The van der Waals surface area contributed by atoms with Crippen LogP contribution in [0, 0.1) is 11.8 Å². The Morgan fingerprint density at radius 1 is 1.25 bits per heavy atom. The van der Waals surface area contributed by atoms with Crippen molar-refractivity contribution in [3.05, 3.63) is 0 Å². The summed E-state index contributed by atoms with van der Waals surface area (Å²) in [5.41, 5.74) is 0. The Bertz CT molecular complexity index is 133. The Hall–Kier alpha value is -0.0400. The number of piperidine rings is 1. The molecule has 1 saturated heterocycles. The van der Waals surface area contributed by atoms with Crippen LogP contribution in [-0.4, -0.2) is 24.5 Å². The lowest BCUT2D eigenvalue weighted by molar-refractivity contribution is 0.0855. The fourth-order valence-corrected chi connectivity index (χ4v) is 2.44. The minimum absolute atomic E-state index is 0.804. The first kappa shape index (κ1) is 10.0. The van der Waals surface area contributed by atoms with Gasteiger partial charge in [0.15, 0.2) is 0 Å². The van der Waals surface area contributed by atoms with Crippen LogP contribution in [-0.2, 0) is 0 Å². The maximum atomic E-state index is 2.53. The highest BCUT2D eigenvalue weighted by Crippen LogP contribution is 2.29. The van der Waals surface area contributed by atoms with Crippen molar-refractivity contribution in [3.8, 4) is 0 Å². The Kier molecular flexibility index (Phi) is 3.57. The highest BCUT2D eigenvalue weighted by atomic mass is 15.1. The predicted octanol–water partition coefficient (Wildman–Crippen LogP) is 2.76. The number of likely N-dealkylation sites (tertiary alicyclic amines) is 1. The summed E-state index contributed by atoms with van der Waals surface area (Å²) >= 11 is 0. The number of nitrogens with zero attached hydrogens (tertiary/aromatic N) is 1. The largest absolute Gasteiger partial charge is 0.303 e. The molecule has 0 spiro atoms. The van der Waals surface area contributed by atoms with Crippen molar-refractivity contribution in [3.63, 3.8) is 0 Å². The standard InChI is InChI=1S/C11H23N/c1-5-10-7-11(6-2)9(3)12(4)8-10/h9-11H,5-8H2,1-4H3. The molecule has 3 atom stereocenters. The second kappa shape index (κ2) is 4.27. The van der Waals surface area contributed by atoms with Crippen molar-refractivity contribution in [2.45, 2.75) is 46.1 Å². The zero-order chi connectivity index (χ0) is 9.14. The average Bonchev–Trinajstić information content (AvgIpc) is 2.09. The van der Waals surface area contributed by atoms with Crippen LogP contribution in [0.2, 0.25) is 0 Å². The van der Waals surface area contributed by atoms with E-state index >= 15 is 0 Å². The molecule has 0 radical (unpaired) electrons. The molecule has 72 valence electrons. The molecular formula is C11H23N. The Labute approximate surface area is 77.1 Å². The molecule has 1 nitrogen and oxygen atoms in total. The summed E-state index contributed by atoms with van der Waals surface area (Å²) in [4.78, 5) is 2.53. The summed E-state index contributed by atoms with van der Waals surface area (Å²) < 4.78 is 0. The fraction of sp³-hybridized carbons (Fsp3) is 1.00. The van der Waals surface area contributed by atoms with Gasteiger partial charge in [-0.3, -0.25) is 0 Å². The number of hydrogen-bond acceptors (Lipinski definition) is 1. The first-order valence-corrected chi connectivity index (χ1v) is 5.39. The third kappa shape index (κ3) is 2.01. The average molecular weight is 169 g/mol. The summed E-state index contributed by atoms with van der Waals surface area (Å²) in [6.45, 7) is 8.34. The molecule has 1 aliphatic heterocycles. The van der Waals surface area contributed by atoms with Crippen molar-refractivity contribution in [2.24, 2.45) is 11.8 Å². The zero-order valence-electron chi connectivity index (χ0n) is 9.01. The van der Waals surface area contributed by atoms with E-state index in [1.807, 2.05) is 0 Å². The van der Waals surface area contributed by atoms with Crippen LogP contribution in [0.1, 0.15) is 40.0 Å². The first-order chi connectivity index (χ1) is 5.69. The van der Waals surface area contributed by atoms with Gasteiger partial charge in [-0.2, -0.15) is 0 Å². The topological polar surface area (TPSA) is 3.24 Å². The van der Waals surface area contributed by atoms with Crippen LogP contribution in [0.3, 0.4) is 0 Å². The van der Waals surface area contributed by atoms with E-state index in [1.54, 1.807) is 0 Å². The second-order valence-electron chi connectivity index (χ2n) is 4.36. The first-order valence-electron chi connectivity index (χ1n) is 5.39. The molecule has 1 heterocycles. The van der Waals surface area contributed by atoms with Crippen molar-refractivity contribution in [1.82, 2.24) is 4.90 Å². The van der Waals surface area contributed by atoms with Crippen LogP contribution in [0.5, 0.6) is 0 Å². The predicted molar refractivity (Wildman–Crippen MR) is 54.3 cm³/mol. The minimum atomic E-state index is 0.804. The quantitative estimate of drug-likeness (QED) is 0.614. The lowest BCUT2D eigenvalue weighted by Gasteiger charge is -2.41. The van der Waals surface area contributed by atoms with Gasteiger partial charge in [0.25, 0.3) is 0 Å². The smallest absolute Gasteiger partial charge is 0.00922 e. The highest BCUT2D eigenvalue weighted by molar-refractivity contribution is 4.82. The van der Waals surface area contributed by atoms with Gasteiger partial charge < -0.3 is 4.90 Å². The lowest BCUT2D eigenvalue weighted by Crippen LogP contribution is -2.44. The summed E-state index contributed by atoms with van der Waals surface area (Å²) in [5.74, 6) is 1.89. The molecule has 1 aliphatic rings. The number of rotatable bonds is 2. The maximum absolute atomic E-state index is 2.53. The van der Waals surface area contributed by atoms with E-state index < -0.39 is 0 Å². The van der Waals surface area contributed by atoms with Crippen LogP contribution >= 0.6 is 0 Å². The Morgan fingerprint density at radius 2 is 1.92 bits per heavy atom. The van der Waals surface area contributed by atoms with Gasteiger partial charge in [-0.25, -0.2) is 0 Å². The third-order valence-electron chi connectivity index (χ3n) is 3.66. The molecule has 0 aromatic heterocycles. The van der Waals surface area contributed by atoms with Gasteiger partial charge in [0.1, 0.15) is 0 Å². The van der Waals surface area contributed by atoms with E-state index in [4.69, 9.17) is 0 Å². The molecule has 0 N–H and O–H groups in total. The lowest BCUT2D eigenvalue weighted by atomic mass is 9.81. The highest BCUT2D eigenvalue weighted by Gasteiger charge is 2.28. The van der Waals surface area contributed by atoms with Crippen LogP contribution in [0.15, 0.2) is 0 Å². The third-order valence-corrected chi connectivity index (χ3v) is 3.66. The van der Waals surface area contributed by atoms with Gasteiger partial charge in [0.05, 0.1) is 0 Å². The van der Waals surface area contributed by atoms with Gasteiger partial charge in [0.2, 0.25) is 0 Å².